The molecule has 106 valence electrons. The number of benzene rings is 1. The zero-order valence-electron chi connectivity index (χ0n) is 11.8. The fourth-order valence-corrected chi connectivity index (χ4v) is 2.92. The van der Waals surface area contributed by atoms with Crippen LogP contribution in [-0.2, 0) is 0 Å². The lowest BCUT2D eigenvalue weighted by Crippen LogP contribution is -2.20. The lowest BCUT2D eigenvalue weighted by atomic mass is 10.1. The first-order chi connectivity index (χ1) is 9.72. The van der Waals surface area contributed by atoms with Crippen molar-refractivity contribution < 1.29 is 4.39 Å². The van der Waals surface area contributed by atoms with Gasteiger partial charge in [-0.25, -0.2) is 9.37 Å². The lowest BCUT2D eigenvalue weighted by molar-refractivity contribution is 0.559. The largest absolute Gasteiger partial charge is 0.310 e. The minimum absolute atomic E-state index is 0.205. The Balaban J connectivity index is 2.22. The van der Waals surface area contributed by atoms with Gasteiger partial charge in [0.05, 0.1) is 0 Å². The Morgan fingerprint density at radius 1 is 1.25 bits per heavy atom. The SMILES string of the molecule is CCCNC(C)c1cccnc1Sc1ccccc1F. The van der Waals surface area contributed by atoms with Crippen LogP contribution in [0.25, 0.3) is 0 Å². The van der Waals surface area contributed by atoms with Gasteiger partial charge >= 0.3 is 0 Å². The Kier molecular flexibility index (Phi) is 5.56. The summed E-state index contributed by atoms with van der Waals surface area (Å²) in [6.07, 6.45) is 2.83. The average Bonchev–Trinajstić information content (AvgIpc) is 2.48. The van der Waals surface area contributed by atoms with Crippen LogP contribution in [-0.4, -0.2) is 11.5 Å². The molecule has 1 aromatic carbocycles. The summed E-state index contributed by atoms with van der Waals surface area (Å²) in [6.45, 7) is 5.20. The highest BCUT2D eigenvalue weighted by Crippen LogP contribution is 2.32. The summed E-state index contributed by atoms with van der Waals surface area (Å²) in [5.41, 5.74) is 1.11. The van der Waals surface area contributed by atoms with Crippen LogP contribution in [0.15, 0.2) is 52.5 Å². The van der Waals surface area contributed by atoms with Gasteiger partial charge in [-0.1, -0.05) is 36.9 Å². The number of nitrogens with zero attached hydrogens (tertiary/aromatic N) is 1. The zero-order valence-corrected chi connectivity index (χ0v) is 12.6. The molecule has 0 aliphatic carbocycles. The average molecular weight is 290 g/mol. The molecule has 1 unspecified atom stereocenters. The maximum absolute atomic E-state index is 13.7. The second kappa shape index (κ2) is 7.41. The molecule has 0 fully saturated rings. The molecule has 0 spiro atoms. The Morgan fingerprint density at radius 3 is 2.80 bits per heavy atom. The maximum Gasteiger partial charge on any atom is 0.137 e. The van der Waals surface area contributed by atoms with E-state index in [1.54, 1.807) is 18.3 Å². The predicted molar refractivity (Wildman–Crippen MR) is 81.5 cm³/mol. The number of halogens is 1. The first-order valence-electron chi connectivity index (χ1n) is 6.83. The Hall–Kier alpha value is -1.39. The highest BCUT2D eigenvalue weighted by molar-refractivity contribution is 7.99. The number of rotatable bonds is 6. The van der Waals surface area contributed by atoms with Crippen molar-refractivity contribution in [1.29, 1.82) is 0 Å². The van der Waals surface area contributed by atoms with Gasteiger partial charge in [0, 0.05) is 22.7 Å². The van der Waals surface area contributed by atoms with Crippen LogP contribution in [0.5, 0.6) is 0 Å². The van der Waals surface area contributed by atoms with Crippen LogP contribution in [0.3, 0.4) is 0 Å². The summed E-state index contributed by atoms with van der Waals surface area (Å²) in [5, 5.41) is 4.30. The van der Waals surface area contributed by atoms with Gasteiger partial charge in [-0.15, -0.1) is 0 Å². The van der Waals surface area contributed by atoms with E-state index >= 15 is 0 Å². The Morgan fingerprint density at radius 2 is 2.05 bits per heavy atom. The lowest BCUT2D eigenvalue weighted by Gasteiger charge is -2.16. The third-order valence-electron chi connectivity index (χ3n) is 3.01. The Labute approximate surface area is 123 Å². The zero-order chi connectivity index (χ0) is 14.4. The molecule has 0 amide bonds. The number of aromatic nitrogens is 1. The van der Waals surface area contributed by atoms with Crippen molar-refractivity contribution >= 4 is 11.8 Å². The molecule has 1 aromatic heterocycles. The van der Waals surface area contributed by atoms with Crippen LogP contribution < -0.4 is 5.32 Å². The van der Waals surface area contributed by atoms with Crippen molar-refractivity contribution in [3.05, 3.63) is 54.0 Å². The number of pyridine rings is 1. The van der Waals surface area contributed by atoms with Gasteiger partial charge in [0.2, 0.25) is 0 Å². The third kappa shape index (κ3) is 3.81. The van der Waals surface area contributed by atoms with E-state index in [2.05, 4.69) is 24.1 Å². The maximum atomic E-state index is 13.7. The third-order valence-corrected chi connectivity index (χ3v) is 4.10. The summed E-state index contributed by atoms with van der Waals surface area (Å²) in [6, 6.07) is 11.0. The normalized spacial score (nSPS) is 12.3. The van der Waals surface area contributed by atoms with Crippen LogP contribution in [0, 0.1) is 5.82 Å². The van der Waals surface area contributed by atoms with Crippen molar-refractivity contribution in [3.63, 3.8) is 0 Å². The summed E-state index contributed by atoms with van der Waals surface area (Å²) in [4.78, 5) is 5.01. The first kappa shape index (κ1) is 15.0. The van der Waals surface area contributed by atoms with Crippen molar-refractivity contribution in [3.8, 4) is 0 Å². The molecule has 1 heterocycles. The van der Waals surface area contributed by atoms with Crippen LogP contribution >= 0.6 is 11.8 Å². The van der Waals surface area contributed by atoms with Gasteiger partial charge in [0.15, 0.2) is 0 Å². The predicted octanol–water partition coefficient (Wildman–Crippen LogP) is 4.43. The molecule has 20 heavy (non-hydrogen) atoms. The smallest absolute Gasteiger partial charge is 0.137 e. The highest BCUT2D eigenvalue weighted by atomic mass is 32.2. The van der Waals surface area contributed by atoms with Crippen molar-refractivity contribution in [2.75, 3.05) is 6.54 Å². The van der Waals surface area contributed by atoms with Gasteiger partial charge in [0.25, 0.3) is 0 Å². The fraction of sp³-hybridized carbons (Fsp3) is 0.312. The van der Waals surface area contributed by atoms with E-state index in [1.165, 1.54) is 17.8 Å². The van der Waals surface area contributed by atoms with Gasteiger partial charge in [-0.05, 0) is 38.1 Å². The standard InChI is InChI=1S/C16H19FN2S/c1-3-10-18-12(2)13-7-6-11-19-16(13)20-15-9-5-4-8-14(15)17/h4-9,11-12,18H,3,10H2,1-2H3. The molecule has 0 radical (unpaired) electrons. The first-order valence-corrected chi connectivity index (χ1v) is 7.64. The summed E-state index contributed by atoms with van der Waals surface area (Å²) >= 11 is 1.38. The Bertz CT molecular complexity index is 560. The molecular weight excluding hydrogens is 271 g/mol. The fourth-order valence-electron chi connectivity index (χ4n) is 1.92. The molecule has 4 heteroatoms. The number of hydrogen-bond donors (Lipinski definition) is 1. The molecule has 2 rings (SSSR count). The van der Waals surface area contributed by atoms with E-state index < -0.39 is 0 Å². The van der Waals surface area contributed by atoms with Gasteiger partial charge in [0.1, 0.15) is 10.8 Å². The summed E-state index contributed by atoms with van der Waals surface area (Å²) in [5.74, 6) is -0.205. The van der Waals surface area contributed by atoms with Crippen LogP contribution in [0.4, 0.5) is 4.39 Å². The molecule has 1 atom stereocenters. The van der Waals surface area contributed by atoms with Crippen LogP contribution in [0.1, 0.15) is 31.9 Å². The number of nitrogens with one attached hydrogen (secondary N) is 1. The monoisotopic (exact) mass is 290 g/mol. The molecule has 2 nitrogen and oxygen atoms in total. The van der Waals surface area contributed by atoms with E-state index in [0.717, 1.165) is 23.6 Å². The summed E-state index contributed by atoms with van der Waals surface area (Å²) in [7, 11) is 0. The van der Waals surface area contributed by atoms with Crippen molar-refractivity contribution in [1.82, 2.24) is 10.3 Å². The topological polar surface area (TPSA) is 24.9 Å². The van der Waals surface area contributed by atoms with Crippen molar-refractivity contribution in [2.24, 2.45) is 0 Å². The molecule has 0 bridgehead atoms. The van der Waals surface area contributed by atoms with E-state index in [9.17, 15) is 4.39 Å². The number of hydrogen-bond acceptors (Lipinski definition) is 3. The van der Waals surface area contributed by atoms with E-state index in [-0.39, 0.29) is 11.9 Å². The minimum atomic E-state index is -0.205. The molecular formula is C16H19FN2S. The molecule has 0 aliphatic rings. The molecule has 0 saturated heterocycles. The van der Waals surface area contributed by atoms with E-state index in [0.29, 0.717) is 4.90 Å². The quantitative estimate of drug-likeness (QED) is 0.851. The van der Waals surface area contributed by atoms with E-state index in [4.69, 9.17) is 0 Å². The second-order valence-electron chi connectivity index (χ2n) is 4.61. The van der Waals surface area contributed by atoms with Crippen LogP contribution in [0.2, 0.25) is 0 Å². The molecule has 0 aliphatic heterocycles. The minimum Gasteiger partial charge on any atom is -0.310 e. The molecule has 2 aromatic rings. The highest BCUT2D eigenvalue weighted by Gasteiger charge is 2.13. The molecule has 0 saturated carbocycles. The van der Waals surface area contributed by atoms with Gasteiger partial charge < -0.3 is 5.32 Å². The van der Waals surface area contributed by atoms with E-state index in [1.807, 2.05) is 18.2 Å². The molecule has 1 N–H and O–H groups in total. The van der Waals surface area contributed by atoms with Crippen molar-refractivity contribution in [2.45, 2.75) is 36.2 Å². The summed E-state index contributed by atoms with van der Waals surface area (Å²) < 4.78 is 13.7. The van der Waals surface area contributed by atoms with Gasteiger partial charge in [-0.2, -0.15) is 0 Å². The van der Waals surface area contributed by atoms with Gasteiger partial charge in [-0.3, -0.25) is 0 Å². The second-order valence-corrected chi connectivity index (χ2v) is 5.64.